The molecule has 1 aromatic carbocycles. The molecule has 7 nitrogen and oxygen atoms in total. The molecule has 8 heteroatoms. The van der Waals surface area contributed by atoms with Crippen LogP contribution in [0.4, 0.5) is 0 Å². The molecule has 2 saturated heterocycles. The van der Waals surface area contributed by atoms with Crippen LogP contribution in [0.2, 0.25) is 0 Å². The van der Waals surface area contributed by atoms with Crippen LogP contribution in [0, 0.1) is 0 Å². The third kappa shape index (κ3) is 5.38. The molecular formula is C25H37N5O2S. The van der Waals surface area contributed by atoms with Crippen molar-refractivity contribution in [1.82, 2.24) is 24.6 Å². The summed E-state index contributed by atoms with van der Waals surface area (Å²) >= 11 is 1.49. The van der Waals surface area contributed by atoms with Crippen molar-refractivity contribution in [2.45, 2.75) is 82.6 Å². The fraction of sp³-hybridized carbons (Fsp3) is 0.640. The second-order valence-electron chi connectivity index (χ2n) is 9.37. The molecule has 0 aliphatic carbocycles. The Morgan fingerprint density at radius 1 is 1.06 bits per heavy atom. The molecule has 0 spiro atoms. The summed E-state index contributed by atoms with van der Waals surface area (Å²) < 4.78 is 7.48. The average molecular weight is 472 g/mol. The van der Waals surface area contributed by atoms with Crippen molar-refractivity contribution < 1.29 is 9.53 Å². The normalized spacial score (nSPS) is 22.8. The van der Waals surface area contributed by atoms with Crippen molar-refractivity contribution >= 4 is 17.7 Å². The van der Waals surface area contributed by atoms with E-state index in [0.29, 0.717) is 17.8 Å². The number of carbonyl (C=O) groups excluding carboxylic acids is 1. The van der Waals surface area contributed by atoms with Crippen LogP contribution in [0.3, 0.4) is 0 Å². The van der Waals surface area contributed by atoms with Gasteiger partial charge in [-0.15, -0.1) is 10.2 Å². The van der Waals surface area contributed by atoms with Gasteiger partial charge in [-0.25, -0.2) is 0 Å². The van der Waals surface area contributed by atoms with E-state index in [1.807, 2.05) is 24.3 Å². The lowest BCUT2D eigenvalue weighted by atomic mass is 9.98. The first-order chi connectivity index (χ1) is 16.0. The molecule has 0 saturated carbocycles. The van der Waals surface area contributed by atoms with E-state index in [1.165, 1.54) is 37.4 Å². The van der Waals surface area contributed by atoms with Crippen LogP contribution in [0.25, 0.3) is 5.69 Å². The van der Waals surface area contributed by atoms with Crippen LogP contribution in [0.1, 0.15) is 71.2 Å². The Bertz CT molecular complexity index is 915. The third-order valence-corrected chi connectivity index (χ3v) is 8.02. The SMILES string of the molecule is COc1ccc(-n2c(SCC(=O)N3[C@H](C)CCC[C@H]3C)nnc2[C@@H](C)N2CCCCC2)cc1. The number of piperidine rings is 2. The van der Waals surface area contributed by atoms with Crippen molar-refractivity contribution in [2.24, 2.45) is 0 Å². The van der Waals surface area contributed by atoms with E-state index in [-0.39, 0.29) is 11.9 Å². The van der Waals surface area contributed by atoms with E-state index in [1.54, 1.807) is 7.11 Å². The number of methoxy groups -OCH3 is 1. The second kappa shape index (κ2) is 10.9. The fourth-order valence-corrected chi connectivity index (χ4v) is 6.03. The smallest absolute Gasteiger partial charge is 0.233 e. The first kappa shape index (κ1) is 24.1. The summed E-state index contributed by atoms with van der Waals surface area (Å²) in [7, 11) is 1.67. The zero-order chi connectivity index (χ0) is 23.4. The number of amides is 1. The molecule has 0 radical (unpaired) electrons. The zero-order valence-electron chi connectivity index (χ0n) is 20.4. The maximum Gasteiger partial charge on any atom is 0.233 e. The molecule has 2 aliphatic heterocycles. The molecule has 2 fully saturated rings. The maximum atomic E-state index is 13.1. The van der Waals surface area contributed by atoms with Gasteiger partial charge < -0.3 is 9.64 Å². The van der Waals surface area contributed by atoms with Gasteiger partial charge in [0.05, 0.1) is 18.9 Å². The standard InChI is InChI=1S/C25H37N5O2S/c1-18-9-8-10-19(2)29(18)23(31)17-33-25-27-26-24(20(3)28-15-6-5-7-16-28)30(25)21-11-13-22(32-4)14-12-21/h11-14,18-20H,5-10,15-17H2,1-4H3/t18-,19-,20-/m1/s1. The van der Waals surface area contributed by atoms with E-state index in [0.717, 1.165) is 48.3 Å². The molecule has 180 valence electrons. The van der Waals surface area contributed by atoms with Gasteiger partial charge in [0.1, 0.15) is 5.75 Å². The summed E-state index contributed by atoms with van der Waals surface area (Å²) in [6.07, 6.45) is 7.11. The fourth-order valence-electron chi connectivity index (χ4n) is 5.20. The predicted octanol–water partition coefficient (Wildman–Crippen LogP) is 4.70. The summed E-state index contributed by atoms with van der Waals surface area (Å²) in [6, 6.07) is 8.76. The Hall–Kier alpha value is -2.06. The summed E-state index contributed by atoms with van der Waals surface area (Å²) in [5.74, 6) is 2.31. The lowest BCUT2D eigenvalue weighted by Crippen LogP contribution is -2.48. The number of ether oxygens (including phenoxy) is 1. The van der Waals surface area contributed by atoms with Gasteiger partial charge in [-0.3, -0.25) is 14.3 Å². The minimum absolute atomic E-state index is 0.159. The minimum Gasteiger partial charge on any atom is -0.497 e. The Labute approximate surface area is 201 Å². The summed E-state index contributed by atoms with van der Waals surface area (Å²) in [5, 5.41) is 9.95. The van der Waals surface area contributed by atoms with Gasteiger partial charge in [-0.2, -0.15) is 0 Å². The van der Waals surface area contributed by atoms with Crippen LogP contribution in [0.15, 0.2) is 29.4 Å². The van der Waals surface area contributed by atoms with Crippen LogP contribution in [-0.4, -0.2) is 68.5 Å². The number of benzene rings is 1. The van der Waals surface area contributed by atoms with E-state index < -0.39 is 0 Å². The second-order valence-corrected chi connectivity index (χ2v) is 10.3. The number of hydrogen-bond donors (Lipinski definition) is 0. The highest BCUT2D eigenvalue weighted by molar-refractivity contribution is 7.99. The third-order valence-electron chi connectivity index (χ3n) is 7.11. The van der Waals surface area contributed by atoms with Crippen LogP contribution in [-0.2, 0) is 4.79 Å². The van der Waals surface area contributed by atoms with E-state index in [9.17, 15) is 4.79 Å². The number of nitrogens with zero attached hydrogens (tertiary/aromatic N) is 5. The number of hydrogen-bond acceptors (Lipinski definition) is 6. The van der Waals surface area contributed by atoms with E-state index >= 15 is 0 Å². The lowest BCUT2D eigenvalue weighted by Gasteiger charge is -2.39. The summed E-state index contributed by atoms with van der Waals surface area (Å²) in [6.45, 7) is 8.71. The Morgan fingerprint density at radius 2 is 1.73 bits per heavy atom. The van der Waals surface area contributed by atoms with Crippen molar-refractivity contribution in [3.05, 3.63) is 30.1 Å². The molecule has 4 rings (SSSR count). The Balaban J connectivity index is 1.58. The highest BCUT2D eigenvalue weighted by Gasteiger charge is 2.30. The van der Waals surface area contributed by atoms with Crippen LogP contribution >= 0.6 is 11.8 Å². The first-order valence-electron chi connectivity index (χ1n) is 12.3. The number of rotatable bonds is 7. The zero-order valence-corrected chi connectivity index (χ0v) is 21.2. The highest BCUT2D eigenvalue weighted by Crippen LogP contribution is 2.31. The van der Waals surface area contributed by atoms with Crippen LogP contribution < -0.4 is 4.74 Å². The molecule has 0 unspecified atom stereocenters. The highest BCUT2D eigenvalue weighted by atomic mass is 32.2. The van der Waals surface area contributed by atoms with Crippen molar-refractivity contribution in [2.75, 3.05) is 26.0 Å². The molecule has 33 heavy (non-hydrogen) atoms. The van der Waals surface area contributed by atoms with Gasteiger partial charge in [0.15, 0.2) is 11.0 Å². The molecule has 3 heterocycles. The summed E-state index contributed by atoms with van der Waals surface area (Å²) in [4.78, 5) is 17.7. The Kier molecular flexibility index (Phi) is 7.96. The van der Waals surface area contributed by atoms with Gasteiger partial charge >= 0.3 is 0 Å². The molecular weight excluding hydrogens is 434 g/mol. The molecule has 2 aromatic rings. The molecule has 3 atom stereocenters. The van der Waals surface area contributed by atoms with Gasteiger partial charge in [-0.1, -0.05) is 18.2 Å². The largest absolute Gasteiger partial charge is 0.497 e. The summed E-state index contributed by atoms with van der Waals surface area (Å²) in [5.41, 5.74) is 0.995. The quantitative estimate of drug-likeness (QED) is 0.545. The Morgan fingerprint density at radius 3 is 2.36 bits per heavy atom. The topological polar surface area (TPSA) is 63.5 Å². The van der Waals surface area contributed by atoms with Crippen LogP contribution in [0.5, 0.6) is 5.75 Å². The minimum atomic E-state index is 0.159. The molecule has 1 amide bonds. The number of carbonyl (C=O) groups is 1. The van der Waals surface area contributed by atoms with Gasteiger partial charge in [0.25, 0.3) is 0 Å². The van der Waals surface area contributed by atoms with Gasteiger partial charge in [0.2, 0.25) is 5.91 Å². The monoisotopic (exact) mass is 471 g/mol. The number of aromatic nitrogens is 3. The van der Waals surface area contributed by atoms with E-state index in [4.69, 9.17) is 4.74 Å². The molecule has 0 N–H and O–H groups in total. The van der Waals surface area contributed by atoms with Gasteiger partial charge in [0, 0.05) is 17.8 Å². The number of thioether (sulfide) groups is 1. The lowest BCUT2D eigenvalue weighted by molar-refractivity contribution is -0.134. The van der Waals surface area contributed by atoms with Gasteiger partial charge in [-0.05, 0) is 90.2 Å². The van der Waals surface area contributed by atoms with Crippen molar-refractivity contribution in [3.8, 4) is 11.4 Å². The first-order valence-corrected chi connectivity index (χ1v) is 13.3. The molecule has 1 aromatic heterocycles. The van der Waals surface area contributed by atoms with E-state index in [2.05, 4.69) is 45.3 Å². The number of likely N-dealkylation sites (tertiary alicyclic amines) is 2. The molecule has 2 aliphatic rings. The van der Waals surface area contributed by atoms with Crippen molar-refractivity contribution in [3.63, 3.8) is 0 Å². The predicted molar refractivity (Wildman–Crippen MR) is 132 cm³/mol. The molecule has 0 bridgehead atoms. The average Bonchev–Trinajstić information content (AvgIpc) is 3.26. The maximum absolute atomic E-state index is 13.1. The van der Waals surface area contributed by atoms with Crippen molar-refractivity contribution in [1.29, 1.82) is 0 Å².